The van der Waals surface area contributed by atoms with Crippen LogP contribution in [0.5, 0.6) is 0 Å². The molecule has 0 radical (unpaired) electrons. The van der Waals surface area contributed by atoms with Crippen LogP contribution in [0.15, 0.2) is 0 Å². The Bertz CT molecular complexity index is 798. The molecular weight excluding hydrogens is 572 g/mol. The van der Waals surface area contributed by atoms with E-state index in [1.165, 1.54) is 0 Å². The van der Waals surface area contributed by atoms with Crippen molar-refractivity contribution < 1.29 is 79.9 Å². The molecule has 1 amide bonds. The molecule has 2 aliphatic heterocycles. The number of carbonyl (C=O) groups excluding carboxylic acids is 1. The largest absolute Gasteiger partial charge is 0.394 e. The first-order valence-electron chi connectivity index (χ1n) is 13.8. The minimum Gasteiger partial charge on any atom is -0.394 e. The molecule has 2 aliphatic rings. The predicted molar refractivity (Wildman–Crippen MR) is 137 cm³/mol. The van der Waals surface area contributed by atoms with Crippen molar-refractivity contribution in [3.63, 3.8) is 0 Å². The Labute approximate surface area is 241 Å². The highest BCUT2D eigenvalue weighted by molar-refractivity contribution is 5.81. The highest BCUT2D eigenvalue weighted by atomic mass is 16.7. The Hall–Kier alpha value is -1.17. The first kappa shape index (κ1) is 37.0. The molecule has 42 heavy (non-hydrogen) atoms. The van der Waals surface area contributed by atoms with Crippen LogP contribution < -0.4 is 11.1 Å². The monoisotopic (exact) mass is 618 g/mol. The van der Waals surface area contributed by atoms with Crippen molar-refractivity contribution >= 4 is 5.91 Å². The number of aliphatic hydroxyl groups excluding tert-OH is 11. The predicted octanol–water partition coefficient (Wildman–Crippen LogP) is -6.95. The maximum atomic E-state index is 12.2. The smallest absolute Gasteiger partial charge is 0.252 e. The highest BCUT2D eigenvalue weighted by Crippen LogP contribution is 2.26. The summed E-state index contributed by atoms with van der Waals surface area (Å²) in [5.41, 5.74) is 5.77. The fourth-order valence-electron chi connectivity index (χ4n) is 4.40. The summed E-state index contributed by atoms with van der Waals surface area (Å²) in [6.07, 6.45) is -22.9. The van der Waals surface area contributed by atoms with E-state index < -0.39 is 118 Å². The van der Waals surface area contributed by atoms with Gasteiger partial charge >= 0.3 is 0 Å². The van der Waals surface area contributed by atoms with Crippen molar-refractivity contribution in [2.24, 2.45) is 5.73 Å². The molecule has 0 aromatic heterocycles. The van der Waals surface area contributed by atoms with Gasteiger partial charge in [-0.05, 0) is 6.42 Å². The summed E-state index contributed by atoms with van der Waals surface area (Å²) in [5.74, 6) is -1.08. The molecule has 2 rings (SSSR count). The number of aliphatic hydroxyl groups is 11. The fourth-order valence-corrected chi connectivity index (χ4v) is 4.40. The van der Waals surface area contributed by atoms with Gasteiger partial charge in [-0.1, -0.05) is 26.2 Å². The zero-order valence-corrected chi connectivity index (χ0v) is 23.1. The summed E-state index contributed by atoms with van der Waals surface area (Å²) in [6.45, 7) is -0.216. The molecule has 2 saturated heterocycles. The first-order valence-corrected chi connectivity index (χ1v) is 13.8. The molecule has 0 bridgehead atoms. The SMILES string of the molecule is CCCCCC(N)NC(=O)[C@H](O)[C@@H](O)[C@H](O)[C@H](O)CO[C@H]1O[C@H](CO[C@H]2O[C@H](CO)[C@@H](O)[C@H](O)[C@H]2O)[C@@H](O)[C@H](O)[C@H]1O. The van der Waals surface area contributed by atoms with Crippen molar-refractivity contribution in [3.05, 3.63) is 0 Å². The van der Waals surface area contributed by atoms with Gasteiger partial charge in [0.1, 0.15) is 67.1 Å². The van der Waals surface area contributed by atoms with Crippen LogP contribution in [0.25, 0.3) is 0 Å². The van der Waals surface area contributed by atoms with Gasteiger partial charge < -0.3 is 86.2 Å². The normalized spacial score (nSPS) is 37.5. The van der Waals surface area contributed by atoms with Gasteiger partial charge in [0.25, 0.3) is 5.91 Å². The molecule has 18 nitrogen and oxygen atoms in total. The second kappa shape index (κ2) is 17.4. The quantitative estimate of drug-likeness (QED) is 0.0564. The number of amides is 1. The van der Waals surface area contributed by atoms with Gasteiger partial charge in [-0.25, -0.2) is 0 Å². The number of hydrogen-bond acceptors (Lipinski definition) is 17. The van der Waals surface area contributed by atoms with Crippen molar-refractivity contribution in [2.75, 3.05) is 19.8 Å². The second-order valence-corrected chi connectivity index (χ2v) is 10.5. The summed E-state index contributed by atoms with van der Waals surface area (Å²) in [6, 6.07) is 0. The van der Waals surface area contributed by atoms with Crippen LogP contribution in [0.2, 0.25) is 0 Å². The second-order valence-electron chi connectivity index (χ2n) is 10.5. The van der Waals surface area contributed by atoms with Crippen LogP contribution in [-0.4, -0.2) is 174 Å². The number of nitrogens with one attached hydrogen (secondary N) is 1. The van der Waals surface area contributed by atoms with Gasteiger partial charge in [0.2, 0.25) is 0 Å². The Morgan fingerprint density at radius 1 is 0.810 bits per heavy atom. The lowest BCUT2D eigenvalue weighted by Gasteiger charge is -2.42. The molecule has 2 fully saturated rings. The van der Waals surface area contributed by atoms with Crippen LogP contribution in [0.1, 0.15) is 32.6 Å². The highest BCUT2D eigenvalue weighted by Gasteiger charge is 2.48. The average molecular weight is 619 g/mol. The van der Waals surface area contributed by atoms with Crippen LogP contribution in [0.3, 0.4) is 0 Å². The molecular formula is C24H46N2O16. The topological polar surface area (TPSA) is 315 Å². The Morgan fingerprint density at radius 2 is 1.36 bits per heavy atom. The van der Waals surface area contributed by atoms with E-state index in [4.69, 9.17) is 24.7 Å². The van der Waals surface area contributed by atoms with Crippen LogP contribution in [0, 0.1) is 0 Å². The zero-order chi connectivity index (χ0) is 31.7. The number of carbonyl (C=O) groups is 1. The lowest BCUT2D eigenvalue weighted by Crippen LogP contribution is -2.62. The third-order valence-corrected chi connectivity index (χ3v) is 7.16. The lowest BCUT2D eigenvalue weighted by molar-refractivity contribution is -0.333. The lowest BCUT2D eigenvalue weighted by atomic mass is 9.98. The van der Waals surface area contributed by atoms with Gasteiger partial charge in [0, 0.05) is 0 Å². The molecule has 14 N–H and O–H groups in total. The number of rotatable bonds is 16. The third kappa shape index (κ3) is 9.66. The molecule has 0 spiro atoms. The Kier molecular flexibility index (Phi) is 15.3. The van der Waals surface area contributed by atoms with Gasteiger partial charge in [-0.3, -0.25) is 4.79 Å². The van der Waals surface area contributed by atoms with E-state index >= 15 is 0 Å². The van der Waals surface area contributed by atoms with Gasteiger partial charge in [0.05, 0.1) is 26.0 Å². The Morgan fingerprint density at radius 3 is 1.93 bits per heavy atom. The van der Waals surface area contributed by atoms with E-state index in [2.05, 4.69) is 5.32 Å². The van der Waals surface area contributed by atoms with Gasteiger partial charge in [0.15, 0.2) is 18.7 Å². The van der Waals surface area contributed by atoms with Gasteiger partial charge in [-0.15, -0.1) is 0 Å². The van der Waals surface area contributed by atoms with Crippen molar-refractivity contribution in [1.82, 2.24) is 5.32 Å². The number of hydrogen-bond donors (Lipinski definition) is 13. The maximum absolute atomic E-state index is 12.2. The number of nitrogens with two attached hydrogens (primary N) is 1. The maximum Gasteiger partial charge on any atom is 0.252 e. The van der Waals surface area contributed by atoms with E-state index in [9.17, 15) is 61.0 Å². The molecule has 248 valence electrons. The summed E-state index contributed by atoms with van der Waals surface area (Å²) >= 11 is 0. The average Bonchev–Trinajstić information content (AvgIpc) is 2.97. The molecule has 0 aliphatic carbocycles. The molecule has 18 heteroatoms. The molecule has 0 aromatic carbocycles. The van der Waals surface area contributed by atoms with Crippen LogP contribution in [0.4, 0.5) is 0 Å². The Balaban J connectivity index is 1.90. The minimum absolute atomic E-state index is 0.417. The summed E-state index contributed by atoms with van der Waals surface area (Å²) in [7, 11) is 0. The molecule has 2 heterocycles. The molecule has 1 unspecified atom stereocenters. The van der Waals surface area contributed by atoms with Crippen molar-refractivity contribution in [1.29, 1.82) is 0 Å². The third-order valence-electron chi connectivity index (χ3n) is 7.16. The number of ether oxygens (including phenoxy) is 4. The zero-order valence-electron chi connectivity index (χ0n) is 23.1. The minimum atomic E-state index is -2.17. The van der Waals surface area contributed by atoms with Crippen molar-refractivity contribution in [2.45, 2.75) is 125 Å². The molecule has 0 aromatic rings. The van der Waals surface area contributed by atoms with Crippen LogP contribution >= 0.6 is 0 Å². The summed E-state index contributed by atoms with van der Waals surface area (Å²) in [4.78, 5) is 12.2. The number of unbranched alkanes of at least 4 members (excludes halogenated alkanes) is 2. The van der Waals surface area contributed by atoms with Crippen molar-refractivity contribution in [3.8, 4) is 0 Å². The first-order chi connectivity index (χ1) is 19.7. The van der Waals surface area contributed by atoms with E-state index in [1.54, 1.807) is 0 Å². The van der Waals surface area contributed by atoms with Gasteiger partial charge in [-0.2, -0.15) is 0 Å². The molecule has 15 atom stereocenters. The molecule has 0 saturated carbocycles. The fraction of sp³-hybridized carbons (Fsp3) is 0.958. The standard InChI is InChI=1S/C24H46N2O16/c1-2-3-4-5-12(25)26-22(38)19(35)16(32)13(29)9(28)7-39-23-21(37)18(34)15(31)11(42-23)8-40-24-20(36)17(33)14(30)10(6-27)41-24/h9-21,23-24,27-37H,2-8,25H2,1H3,(H,26,38)/t9-,10-,11-,12?,13-,14-,15-,16+,17+,18+,19-,20-,21-,23+,24+/m1/s1. The van der Waals surface area contributed by atoms with E-state index in [1.807, 2.05) is 6.92 Å². The van der Waals surface area contributed by atoms with Crippen LogP contribution in [-0.2, 0) is 23.7 Å². The summed E-state index contributed by atoms with van der Waals surface area (Å²) in [5, 5.41) is 113. The van der Waals surface area contributed by atoms with E-state index in [0.29, 0.717) is 6.42 Å². The van der Waals surface area contributed by atoms with E-state index in [0.717, 1.165) is 19.3 Å². The summed E-state index contributed by atoms with van der Waals surface area (Å²) < 4.78 is 21.1. The van der Waals surface area contributed by atoms with E-state index in [-0.39, 0.29) is 0 Å².